The highest BCUT2D eigenvalue weighted by Gasteiger charge is 2.66. The highest BCUT2D eigenvalue weighted by molar-refractivity contribution is 6.06. The van der Waals surface area contributed by atoms with Gasteiger partial charge in [-0.1, -0.05) is 18.6 Å². The molecule has 0 unspecified atom stereocenters. The van der Waals surface area contributed by atoms with Crippen molar-refractivity contribution >= 4 is 17.8 Å². The first-order valence-corrected chi connectivity index (χ1v) is 8.35. The standard InChI is InChI=1S/C17H21NO4/c19-13(20)4-2-1-3-7-18-16(21)14-9-5-6-10(12-8-11(9)12)15(14)17(18)22/h5-6,9-12,14-15H,1-4,7-8H2,(H,19,20)/t9-,10-,11-,12-,14-,15+/m0/s1. The number of carbonyl (C=O) groups is 3. The zero-order valence-electron chi connectivity index (χ0n) is 12.5. The van der Waals surface area contributed by atoms with Crippen LogP contribution in [0.2, 0.25) is 0 Å². The average molecular weight is 303 g/mol. The molecule has 5 aliphatic rings. The molecule has 1 heterocycles. The number of allylic oxidation sites excluding steroid dienone is 2. The number of hydrogen-bond acceptors (Lipinski definition) is 3. The summed E-state index contributed by atoms with van der Waals surface area (Å²) < 4.78 is 0. The van der Waals surface area contributed by atoms with E-state index in [0.29, 0.717) is 31.2 Å². The first-order chi connectivity index (χ1) is 10.6. The fraction of sp³-hybridized carbons (Fsp3) is 0.706. The maximum atomic E-state index is 12.7. The largest absolute Gasteiger partial charge is 0.481 e. The molecule has 5 rings (SSSR count). The number of rotatable bonds is 6. The number of imide groups is 1. The van der Waals surface area contributed by atoms with Gasteiger partial charge in [0, 0.05) is 13.0 Å². The summed E-state index contributed by atoms with van der Waals surface area (Å²) in [7, 11) is 0. The van der Waals surface area contributed by atoms with Gasteiger partial charge in [-0.2, -0.15) is 0 Å². The lowest BCUT2D eigenvalue weighted by molar-refractivity contribution is -0.141. The van der Waals surface area contributed by atoms with E-state index in [0.717, 1.165) is 6.42 Å². The lowest BCUT2D eigenvalue weighted by Gasteiger charge is -2.37. The van der Waals surface area contributed by atoms with Gasteiger partial charge in [0.05, 0.1) is 11.8 Å². The molecule has 22 heavy (non-hydrogen) atoms. The second kappa shape index (κ2) is 4.93. The Morgan fingerprint density at radius 3 is 2.18 bits per heavy atom. The molecule has 0 aromatic heterocycles. The van der Waals surface area contributed by atoms with E-state index >= 15 is 0 Å². The lowest BCUT2D eigenvalue weighted by atomic mass is 9.63. The minimum absolute atomic E-state index is 0.0259. The van der Waals surface area contributed by atoms with Crippen LogP contribution in [-0.4, -0.2) is 34.3 Å². The van der Waals surface area contributed by atoms with Gasteiger partial charge < -0.3 is 5.11 Å². The van der Waals surface area contributed by atoms with E-state index in [4.69, 9.17) is 5.11 Å². The normalized spacial score (nSPS) is 40.8. The van der Waals surface area contributed by atoms with E-state index < -0.39 is 5.97 Å². The number of carboxylic acid groups (broad SMARTS) is 1. The Balaban J connectivity index is 1.39. The average Bonchev–Trinajstić information content (AvgIpc) is 3.26. The van der Waals surface area contributed by atoms with Crippen LogP contribution < -0.4 is 0 Å². The molecule has 5 heteroatoms. The number of likely N-dealkylation sites (tertiary alicyclic amines) is 1. The predicted molar refractivity (Wildman–Crippen MR) is 77.5 cm³/mol. The molecule has 3 fully saturated rings. The Morgan fingerprint density at radius 1 is 1.05 bits per heavy atom. The molecule has 2 saturated carbocycles. The fourth-order valence-corrected chi connectivity index (χ4v) is 4.96. The summed E-state index contributed by atoms with van der Waals surface area (Å²) in [4.78, 5) is 37.3. The van der Waals surface area contributed by atoms with E-state index in [-0.39, 0.29) is 41.9 Å². The van der Waals surface area contributed by atoms with Crippen molar-refractivity contribution in [2.45, 2.75) is 32.1 Å². The van der Waals surface area contributed by atoms with Crippen molar-refractivity contribution in [1.82, 2.24) is 4.90 Å². The second-order valence-corrected chi connectivity index (χ2v) is 7.19. The predicted octanol–water partition coefficient (Wildman–Crippen LogP) is 1.68. The minimum Gasteiger partial charge on any atom is -0.481 e. The Kier molecular flexibility index (Phi) is 3.13. The van der Waals surface area contributed by atoms with Gasteiger partial charge in [-0.25, -0.2) is 0 Å². The highest BCUT2D eigenvalue weighted by atomic mass is 16.4. The van der Waals surface area contributed by atoms with Crippen molar-refractivity contribution in [2.24, 2.45) is 35.5 Å². The summed E-state index contributed by atoms with van der Waals surface area (Å²) in [5.41, 5.74) is 0. The zero-order chi connectivity index (χ0) is 15.4. The van der Waals surface area contributed by atoms with Crippen molar-refractivity contribution in [2.75, 3.05) is 6.54 Å². The maximum Gasteiger partial charge on any atom is 0.303 e. The first kappa shape index (κ1) is 14.0. The van der Waals surface area contributed by atoms with Crippen LogP contribution in [0.5, 0.6) is 0 Å². The highest BCUT2D eigenvalue weighted by Crippen LogP contribution is 2.65. The number of carboxylic acids is 1. The van der Waals surface area contributed by atoms with Crippen LogP contribution in [0.4, 0.5) is 0 Å². The van der Waals surface area contributed by atoms with Crippen LogP contribution >= 0.6 is 0 Å². The summed E-state index contributed by atoms with van der Waals surface area (Å²) in [5, 5.41) is 8.62. The number of amides is 2. The third-order valence-corrected chi connectivity index (χ3v) is 6.03. The van der Waals surface area contributed by atoms with E-state index in [1.54, 1.807) is 0 Å². The number of carbonyl (C=O) groups excluding carboxylic acids is 2. The summed E-state index contributed by atoms with van der Waals surface area (Å²) in [5.74, 6) is 0.904. The number of aliphatic carboxylic acids is 1. The molecule has 2 amide bonds. The molecule has 0 aromatic carbocycles. The second-order valence-electron chi connectivity index (χ2n) is 7.19. The van der Waals surface area contributed by atoms with Gasteiger partial charge in [0.1, 0.15) is 0 Å². The molecular formula is C17H21NO4. The van der Waals surface area contributed by atoms with Gasteiger partial charge in [-0.3, -0.25) is 19.3 Å². The van der Waals surface area contributed by atoms with Crippen molar-refractivity contribution < 1.29 is 19.5 Å². The topological polar surface area (TPSA) is 74.7 Å². The van der Waals surface area contributed by atoms with Gasteiger partial charge in [0.2, 0.25) is 11.8 Å². The molecule has 0 radical (unpaired) electrons. The summed E-state index contributed by atoms with van der Waals surface area (Å²) >= 11 is 0. The molecule has 1 N–H and O–H groups in total. The van der Waals surface area contributed by atoms with Gasteiger partial charge in [0.25, 0.3) is 0 Å². The number of nitrogens with zero attached hydrogens (tertiary/aromatic N) is 1. The molecular weight excluding hydrogens is 282 g/mol. The molecule has 1 aliphatic heterocycles. The first-order valence-electron chi connectivity index (χ1n) is 8.35. The van der Waals surface area contributed by atoms with Crippen molar-refractivity contribution in [1.29, 1.82) is 0 Å². The summed E-state index contributed by atoms with van der Waals surface area (Å²) in [6.45, 7) is 0.457. The number of hydrogen-bond donors (Lipinski definition) is 1. The van der Waals surface area contributed by atoms with E-state index in [9.17, 15) is 14.4 Å². The smallest absolute Gasteiger partial charge is 0.303 e. The monoisotopic (exact) mass is 303 g/mol. The molecule has 118 valence electrons. The Labute approximate surface area is 129 Å². The molecule has 6 atom stereocenters. The molecule has 0 aromatic rings. The van der Waals surface area contributed by atoms with Crippen LogP contribution in [0.3, 0.4) is 0 Å². The maximum absolute atomic E-state index is 12.7. The van der Waals surface area contributed by atoms with Crippen LogP contribution in [0.1, 0.15) is 32.1 Å². The molecule has 5 nitrogen and oxygen atoms in total. The van der Waals surface area contributed by atoms with Crippen molar-refractivity contribution in [3.8, 4) is 0 Å². The summed E-state index contributed by atoms with van der Waals surface area (Å²) in [6.07, 6.45) is 7.77. The Hall–Kier alpha value is -1.65. The third kappa shape index (κ3) is 1.94. The Bertz CT molecular complexity index is 533. The Morgan fingerprint density at radius 2 is 1.64 bits per heavy atom. The van der Waals surface area contributed by atoms with Gasteiger partial charge >= 0.3 is 5.97 Å². The van der Waals surface area contributed by atoms with E-state index in [1.807, 2.05) is 0 Å². The van der Waals surface area contributed by atoms with Crippen LogP contribution in [0.15, 0.2) is 12.2 Å². The van der Waals surface area contributed by atoms with Crippen molar-refractivity contribution in [3.05, 3.63) is 12.2 Å². The zero-order valence-corrected chi connectivity index (χ0v) is 12.5. The van der Waals surface area contributed by atoms with Crippen molar-refractivity contribution in [3.63, 3.8) is 0 Å². The lowest BCUT2D eigenvalue weighted by Crippen LogP contribution is -2.40. The van der Waals surface area contributed by atoms with Gasteiger partial charge in [-0.05, 0) is 42.9 Å². The van der Waals surface area contributed by atoms with Gasteiger partial charge in [0.15, 0.2) is 0 Å². The molecule has 0 spiro atoms. The molecule has 4 aliphatic carbocycles. The fourth-order valence-electron chi connectivity index (χ4n) is 4.96. The van der Waals surface area contributed by atoms with Crippen LogP contribution in [0.25, 0.3) is 0 Å². The van der Waals surface area contributed by atoms with Crippen LogP contribution in [-0.2, 0) is 14.4 Å². The third-order valence-electron chi connectivity index (χ3n) is 6.03. The van der Waals surface area contributed by atoms with E-state index in [2.05, 4.69) is 12.2 Å². The minimum atomic E-state index is -0.791. The SMILES string of the molecule is O=C(O)CCCCCN1C(=O)[C@@H]2[C@H]3C=C[C@@H]([C@@H]4C[C@@H]34)[C@@H]2C1=O. The quantitative estimate of drug-likeness (QED) is 0.460. The van der Waals surface area contributed by atoms with Crippen LogP contribution in [0, 0.1) is 35.5 Å². The van der Waals surface area contributed by atoms with Gasteiger partial charge in [-0.15, -0.1) is 0 Å². The summed E-state index contributed by atoms with van der Waals surface area (Å²) in [6, 6.07) is 0. The van der Waals surface area contributed by atoms with E-state index in [1.165, 1.54) is 11.3 Å². The molecule has 2 bridgehead atoms. The number of unbranched alkanes of at least 4 members (excludes halogenated alkanes) is 2. The molecule has 1 saturated heterocycles.